The number of hydrogen-bond donors (Lipinski definition) is 1. The van der Waals surface area contributed by atoms with Gasteiger partial charge in [0.2, 0.25) is 5.75 Å². The molecule has 0 unspecified atom stereocenters. The monoisotopic (exact) mass is 355 g/mol. The van der Waals surface area contributed by atoms with Crippen molar-refractivity contribution in [2.24, 2.45) is 0 Å². The molecule has 2 aromatic carbocycles. The number of ether oxygens (including phenoxy) is 3. The van der Waals surface area contributed by atoms with Gasteiger partial charge in [0.25, 0.3) is 5.91 Å². The van der Waals surface area contributed by atoms with E-state index in [2.05, 4.69) is 5.32 Å². The van der Waals surface area contributed by atoms with Crippen LogP contribution in [0.15, 0.2) is 40.8 Å². The molecule has 0 aliphatic carbocycles. The molecule has 6 nitrogen and oxygen atoms in total. The third-order valence-corrected chi connectivity index (χ3v) is 4.23. The van der Waals surface area contributed by atoms with Crippen molar-refractivity contribution in [2.75, 3.05) is 21.3 Å². The van der Waals surface area contributed by atoms with E-state index in [-0.39, 0.29) is 5.91 Å². The van der Waals surface area contributed by atoms with Gasteiger partial charge in [-0.25, -0.2) is 0 Å². The Morgan fingerprint density at radius 1 is 1.04 bits per heavy atom. The lowest BCUT2D eigenvalue weighted by Gasteiger charge is -2.14. The lowest BCUT2D eigenvalue weighted by Crippen LogP contribution is -2.23. The molecule has 0 aliphatic rings. The second-order valence-corrected chi connectivity index (χ2v) is 5.77. The fourth-order valence-corrected chi connectivity index (χ4v) is 2.89. The summed E-state index contributed by atoms with van der Waals surface area (Å²) in [5, 5.41) is 3.81. The lowest BCUT2D eigenvalue weighted by atomic mass is 10.1. The van der Waals surface area contributed by atoms with Crippen LogP contribution in [-0.4, -0.2) is 27.2 Å². The van der Waals surface area contributed by atoms with Gasteiger partial charge in [0.05, 0.1) is 21.3 Å². The summed E-state index contributed by atoms with van der Waals surface area (Å²) in [6.07, 6.45) is 0. The van der Waals surface area contributed by atoms with Crippen LogP contribution in [0.2, 0.25) is 0 Å². The predicted octanol–water partition coefficient (Wildman–Crippen LogP) is 3.70. The zero-order chi connectivity index (χ0) is 18.7. The van der Waals surface area contributed by atoms with Gasteiger partial charge >= 0.3 is 0 Å². The number of para-hydroxylation sites is 1. The number of hydrogen-bond acceptors (Lipinski definition) is 5. The second kappa shape index (κ2) is 7.39. The largest absolute Gasteiger partial charge is 0.493 e. The highest BCUT2D eigenvalue weighted by molar-refractivity contribution is 5.98. The maximum atomic E-state index is 12.5. The molecule has 1 aromatic heterocycles. The summed E-state index contributed by atoms with van der Waals surface area (Å²) in [5.41, 5.74) is 2.34. The molecule has 0 saturated heterocycles. The number of carbonyl (C=O) groups excluding carboxylic acids is 1. The minimum atomic E-state index is -0.271. The quantitative estimate of drug-likeness (QED) is 0.730. The van der Waals surface area contributed by atoms with Crippen LogP contribution < -0.4 is 19.5 Å². The number of methoxy groups -OCH3 is 3. The molecule has 26 heavy (non-hydrogen) atoms. The van der Waals surface area contributed by atoms with Gasteiger partial charge in [0.15, 0.2) is 17.3 Å². The first kappa shape index (κ1) is 17.7. The minimum Gasteiger partial charge on any atom is -0.493 e. The fourth-order valence-electron chi connectivity index (χ4n) is 2.89. The summed E-state index contributed by atoms with van der Waals surface area (Å²) in [5.74, 6) is 1.64. The number of amides is 1. The molecule has 3 aromatic rings. The van der Waals surface area contributed by atoms with Crippen molar-refractivity contribution in [1.29, 1.82) is 0 Å². The van der Waals surface area contributed by atoms with Crippen LogP contribution in [0, 0.1) is 6.92 Å². The van der Waals surface area contributed by atoms with Crippen LogP contribution in [0.4, 0.5) is 0 Å². The molecule has 6 heteroatoms. The highest BCUT2D eigenvalue weighted by Crippen LogP contribution is 2.38. The Hall–Kier alpha value is -3.15. The smallest absolute Gasteiger partial charge is 0.287 e. The molecule has 0 saturated carbocycles. The van der Waals surface area contributed by atoms with Gasteiger partial charge in [-0.15, -0.1) is 0 Å². The van der Waals surface area contributed by atoms with Crippen LogP contribution >= 0.6 is 0 Å². The Bertz CT molecular complexity index is 920. The van der Waals surface area contributed by atoms with Gasteiger partial charge in [0, 0.05) is 17.5 Å². The maximum absolute atomic E-state index is 12.5. The van der Waals surface area contributed by atoms with Crippen molar-refractivity contribution in [1.82, 2.24) is 5.32 Å². The second-order valence-electron chi connectivity index (χ2n) is 5.77. The van der Waals surface area contributed by atoms with Crippen molar-refractivity contribution in [3.8, 4) is 17.2 Å². The van der Waals surface area contributed by atoms with Crippen molar-refractivity contribution in [3.05, 3.63) is 53.3 Å². The summed E-state index contributed by atoms with van der Waals surface area (Å²) in [6, 6.07) is 11.2. The average molecular weight is 355 g/mol. The standard InChI is InChI=1S/C20H21NO5/c1-12-14-7-5-6-8-15(14)26-18(12)20(22)21-11-13-9-16(23-2)19(25-4)17(10-13)24-3/h5-10H,11H2,1-4H3,(H,21,22). The number of benzene rings is 2. The van der Waals surface area contributed by atoms with Crippen molar-refractivity contribution in [2.45, 2.75) is 13.5 Å². The first-order valence-electron chi connectivity index (χ1n) is 8.14. The zero-order valence-corrected chi connectivity index (χ0v) is 15.2. The number of furan rings is 1. The predicted molar refractivity (Wildman–Crippen MR) is 98.2 cm³/mol. The average Bonchev–Trinajstić information content (AvgIpc) is 3.02. The maximum Gasteiger partial charge on any atom is 0.287 e. The molecule has 0 fully saturated rings. The molecule has 1 amide bonds. The zero-order valence-electron chi connectivity index (χ0n) is 15.2. The van der Waals surface area contributed by atoms with E-state index < -0.39 is 0 Å². The van der Waals surface area contributed by atoms with Crippen molar-refractivity contribution >= 4 is 16.9 Å². The summed E-state index contributed by atoms with van der Waals surface area (Å²) < 4.78 is 21.7. The normalized spacial score (nSPS) is 10.6. The van der Waals surface area contributed by atoms with Gasteiger partial charge < -0.3 is 23.9 Å². The molecule has 3 rings (SSSR count). The Labute approximate surface area is 151 Å². The van der Waals surface area contributed by atoms with Crippen molar-refractivity contribution in [3.63, 3.8) is 0 Å². The molecule has 0 aliphatic heterocycles. The molecule has 0 bridgehead atoms. The Morgan fingerprint density at radius 2 is 1.69 bits per heavy atom. The third-order valence-electron chi connectivity index (χ3n) is 4.23. The number of rotatable bonds is 6. The van der Waals surface area contributed by atoms with Crippen molar-refractivity contribution < 1.29 is 23.4 Å². The van der Waals surface area contributed by atoms with Crippen LogP contribution in [0.3, 0.4) is 0 Å². The molecule has 0 radical (unpaired) electrons. The SMILES string of the molecule is COc1cc(CNC(=O)c2oc3ccccc3c2C)cc(OC)c1OC. The Morgan fingerprint density at radius 3 is 2.27 bits per heavy atom. The fraction of sp³-hybridized carbons (Fsp3) is 0.250. The van der Waals surface area contributed by atoms with E-state index in [1.54, 1.807) is 33.5 Å². The molecule has 136 valence electrons. The molecule has 1 heterocycles. The van der Waals surface area contributed by atoms with E-state index in [1.807, 2.05) is 31.2 Å². The van der Waals surface area contributed by atoms with E-state index in [0.717, 1.165) is 16.5 Å². The van der Waals surface area contributed by atoms with E-state index in [1.165, 1.54) is 0 Å². The van der Waals surface area contributed by atoms with Gasteiger partial charge in [-0.1, -0.05) is 18.2 Å². The van der Waals surface area contributed by atoms with E-state index in [0.29, 0.717) is 35.1 Å². The lowest BCUT2D eigenvalue weighted by molar-refractivity contribution is 0.0924. The van der Waals surface area contributed by atoms with Crippen LogP contribution in [0.5, 0.6) is 17.2 Å². The summed E-state index contributed by atoms with van der Waals surface area (Å²) in [4.78, 5) is 12.5. The Kier molecular flexibility index (Phi) is 5.02. The van der Waals surface area contributed by atoms with E-state index >= 15 is 0 Å². The third kappa shape index (κ3) is 3.18. The first-order valence-corrected chi connectivity index (χ1v) is 8.14. The summed E-state index contributed by atoms with van der Waals surface area (Å²) in [6.45, 7) is 2.17. The van der Waals surface area contributed by atoms with Gasteiger partial charge in [-0.3, -0.25) is 4.79 Å². The summed E-state index contributed by atoms with van der Waals surface area (Å²) >= 11 is 0. The number of fused-ring (bicyclic) bond motifs is 1. The molecule has 0 spiro atoms. The topological polar surface area (TPSA) is 69.9 Å². The van der Waals surface area contributed by atoms with Crippen LogP contribution in [0.25, 0.3) is 11.0 Å². The number of aryl methyl sites for hydroxylation is 1. The van der Waals surface area contributed by atoms with Crippen LogP contribution in [-0.2, 0) is 6.54 Å². The summed E-state index contributed by atoms with van der Waals surface area (Å²) in [7, 11) is 4.65. The highest BCUT2D eigenvalue weighted by atomic mass is 16.5. The minimum absolute atomic E-state index is 0.271. The molecule has 0 atom stereocenters. The number of carbonyl (C=O) groups is 1. The van der Waals surface area contributed by atoms with E-state index in [4.69, 9.17) is 18.6 Å². The molecule has 1 N–H and O–H groups in total. The van der Waals surface area contributed by atoms with Gasteiger partial charge in [0.1, 0.15) is 5.58 Å². The van der Waals surface area contributed by atoms with Crippen LogP contribution in [0.1, 0.15) is 21.7 Å². The first-order chi connectivity index (χ1) is 12.6. The van der Waals surface area contributed by atoms with E-state index in [9.17, 15) is 4.79 Å². The number of nitrogens with one attached hydrogen (secondary N) is 1. The van der Waals surface area contributed by atoms with Gasteiger partial charge in [-0.2, -0.15) is 0 Å². The molecular formula is C20H21NO5. The highest BCUT2D eigenvalue weighted by Gasteiger charge is 2.18. The van der Waals surface area contributed by atoms with Gasteiger partial charge in [-0.05, 0) is 30.7 Å². The Balaban J connectivity index is 1.82. The molecular weight excluding hydrogens is 334 g/mol.